The highest BCUT2D eigenvalue weighted by atomic mass is 31.2. The Morgan fingerprint density at radius 3 is 2.64 bits per heavy atom. The number of anilines is 1. The van der Waals surface area contributed by atoms with Gasteiger partial charge in [0.15, 0.2) is 29.1 Å². The lowest BCUT2D eigenvalue weighted by molar-refractivity contribution is -0.202. The Labute approximate surface area is 270 Å². The number of nitrogens with zero attached hydrogens (tertiary/aromatic N) is 4. The minimum Gasteiger partial charge on any atom is -0.476 e. The molecule has 1 aliphatic carbocycles. The van der Waals surface area contributed by atoms with E-state index in [1.165, 1.54) is 32.3 Å². The minimum absolute atomic E-state index is 0.00745. The largest absolute Gasteiger partial charge is 0.476 e. The number of rotatable bonds is 13. The number of alkyl halides is 1. The van der Waals surface area contributed by atoms with E-state index in [9.17, 15) is 19.6 Å². The highest BCUT2D eigenvalue weighted by Gasteiger charge is 2.66. The highest BCUT2D eigenvalue weighted by molar-refractivity contribution is 7.52. The van der Waals surface area contributed by atoms with Crippen molar-refractivity contribution in [1.29, 1.82) is 0 Å². The maximum Gasteiger partial charge on any atom is 0.459 e. The lowest BCUT2D eigenvalue weighted by atomic mass is 9.87. The zero-order valence-corrected chi connectivity index (χ0v) is 27.3. The number of aliphatic hydroxyl groups is 2. The number of hydrogen-bond donors (Lipinski definition) is 4. The maximum atomic E-state index is 16.7. The van der Waals surface area contributed by atoms with Gasteiger partial charge >= 0.3 is 13.7 Å². The Morgan fingerprint density at radius 2 is 1.98 bits per heavy atom. The fourth-order valence-electron chi connectivity index (χ4n) is 5.57. The Hall–Kier alpha value is -3.66. The van der Waals surface area contributed by atoms with Crippen molar-refractivity contribution < 1.29 is 47.2 Å². The third-order valence-electron chi connectivity index (χ3n) is 8.07. The summed E-state index contributed by atoms with van der Waals surface area (Å²) in [5.74, 6) is -3.97. The van der Waals surface area contributed by atoms with Crippen LogP contribution < -0.4 is 20.1 Å². The molecule has 6 atom stereocenters. The first-order chi connectivity index (χ1) is 22.3. The minimum atomic E-state index is -4.59. The molecule has 256 valence electrons. The monoisotopic (exact) mass is 678 g/mol. The fraction of sp³-hybridized carbons (Fsp3) is 0.533. The van der Waals surface area contributed by atoms with E-state index in [1.807, 2.05) is 0 Å². The predicted octanol–water partition coefficient (Wildman–Crippen LogP) is 3.73. The third-order valence-corrected chi connectivity index (χ3v) is 9.70. The molecule has 2 aromatic heterocycles. The number of carbonyl (C=O) groups is 1. The molecule has 1 saturated carbocycles. The lowest BCUT2D eigenvalue weighted by Gasteiger charge is -2.32. The third kappa shape index (κ3) is 7.12. The Balaban J connectivity index is 1.42. The summed E-state index contributed by atoms with van der Waals surface area (Å²) in [6.45, 7) is 7.25. The molecule has 2 aliphatic rings. The number of benzene rings is 1. The molecular formula is C30H40FN6O9P. The molecule has 1 aromatic carbocycles. The molecule has 5 rings (SSSR count). The fourth-order valence-corrected chi connectivity index (χ4v) is 7.07. The normalized spacial score (nSPS) is 26.9. The second kappa shape index (κ2) is 13.8. The van der Waals surface area contributed by atoms with Crippen LogP contribution in [0.25, 0.3) is 11.2 Å². The van der Waals surface area contributed by atoms with Gasteiger partial charge in [-0.2, -0.15) is 15.1 Å². The van der Waals surface area contributed by atoms with Gasteiger partial charge in [-0.25, -0.2) is 13.9 Å². The van der Waals surface area contributed by atoms with Crippen molar-refractivity contribution >= 4 is 30.8 Å². The molecular weight excluding hydrogens is 638 g/mol. The molecule has 0 amide bonds. The summed E-state index contributed by atoms with van der Waals surface area (Å²) < 4.78 is 59.9. The molecule has 17 heteroatoms. The average molecular weight is 679 g/mol. The van der Waals surface area contributed by atoms with E-state index in [4.69, 9.17) is 29.0 Å². The number of esters is 1. The summed E-state index contributed by atoms with van der Waals surface area (Å²) in [6, 6.07) is 6.70. The van der Waals surface area contributed by atoms with E-state index < -0.39 is 50.2 Å². The molecule has 0 radical (unpaired) electrons. The number of para-hydroxylation sites is 1. The second-order valence-corrected chi connectivity index (χ2v) is 13.3. The number of imidazole rings is 1. The number of aliphatic hydroxyl groups excluding tert-OH is 1. The van der Waals surface area contributed by atoms with Crippen LogP contribution in [0.3, 0.4) is 0 Å². The first-order valence-corrected chi connectivity index (χ1v) is 16.9. The number of hydrogen-bond acceptors (Lipinski definition) is 13. The summed E-state index contributed by atoms with van der Waals surface area (Å²) >= 11 is 0. The quantitative estimate of drug-likeness (QED) is 0.116. The van der Waals surface area contributed by atoms with Crippen LogP contribution >= 0.6 is 7.75 Å². The Kier molecular flexibility index (Phi) is 10.2. The zero-order chi connectivity index (χ0) is 34.0. The van der Waals surface area contributed by atoms with Crippen molar-refractivity contribution in [3.8, 4) is 11.6 Å². The molecule has 3 aromatic rings. The molecule has 1 unspecified atom stereocenters. The lowest BCUT2D eigenvalue weighted by Crippen LogP contribution is -2.51. The van der Waals surface area contributed by atoms with Gasteiger partial charge in [-0.3, -0.25) is 13.9 Å². The number of ether oxygens (including phenoxy) is 3. The highest BCUT2D eigenvalue weighted by Crippen LogP contribution is 2.52. The zero-order valence-electron chi connectivity index (χ0n) is 26.4. The number of halogens is 1. The average Bonchev–Trinajstić information content (AvgIpc) is 3.54. The van der Waals surface area contributed by atoms with Gasteiger partial charge in [0.2, 0.25) is 11.8 Å². The smallest absolute Gasteiger partial charge is 0.459 e. The first-order valence-electron chi connectivity index (χ1n) is 15.3. The number of nitrogens with one attached hydrogen (secondary N) is 1. The van der Waals surface area contributed by atoms with E-state index in [0.717, 1.165) is 36.7 Å². The number of aromatic nitrogens is 4. The summed E-state index contributed by atoms with van der Waals surface area (Å²) in [5, 5.41) is 25.5. The molecule has 1 aliphatic heterocycles. The van der Waals surface area contributed by atoms with Crippen LogP contribution in [0.4, 0.5) is 10.3 Å². The van der Waals surface area contributed by atoms with Gasteiger partial charge in [0, 0.05) is 0 Å². The Morgan fingerprint density at radius 1 is 1.28 bits per heavy atom. The molecule has 0 spiro atoms. The second-order valence-electron chi connectivity index (χ2n) is 11.6. The van der Waals surface area contributed by atoms with Gasteiger partial charge in [-0.05, 0) is 64.2 Å². The number of nitrogens with two attached hydrogens (primary N) is 1. The number of nitrogen functional groups attached to an aromatic ring is 1. The van der Waals surface area contributed by atoms with Gasteiger partial charge in [0.05, 0.1) is 12.9 Å². The van der Waals surface area contributed by atoms with E-state index in [-0.39, 0.29) is 47.0 Å². The molecule has 47 heavy (non-hydrogen) atoms. The molecule has 0 bridgehead atoms. The summed E-state index contributed by atoms with van der Waals surface area (Å²) in [7, 11) is -4.59. The summed E-state index contributed by atoms with van der Waals surface area (Å²) in [5.41, 5.74) is 3.45. The topological polar surface area (TPSA) is 202 Å². The first kappa shape index (κ1) is 34.7. The van der Waals surface area contributed by atoms with E-state index >= 15 is 4.39 Å². The molecule has 15 nitrogen and oxygen atoms in total. The van der Waals surface area contributed by atoms with Crippen LogP contribution in [0.15, 0.2) is 48.8 Å². The van der Waals surface area contributed by atoms with Crippen LogP contribution in [0.5, 0.6) is 11.6 Å². The van der Waals surface area contributed by atoms with Crippen LogP contribution in [-0.4, -0.2) is 78.6 Å². The standard InChI is InChI=1S/C30H40FN6O9P/c1-5-42-24-22-23(34-28(32)35-24)37(17-33-22)27-30(40,18(2)3)26(39)29(31,45-27)16-43-47(41,46-21-14-10-7-11-15-21)36-19(4)25(38)44-20-12-8-6-9-13-20/h7,10-11,14-15,17,19-20,26-27,39-40H,2,5-6,8-9,12-13,16H2,1,3-4H3,(H,36,41)(H2,32,34,35)/t19-,26+,27+,29+,30+,47?/m0/s1. The number of fused-ring (bicyclic) bond motifs is 1. The van der Waals surface area contributed by atoms with Gasteiger partial charge in [-0.15, -0.1) is 0 Å². The Bertz CT molecular complexity index is 1640. The van der Waals surface area contributed by atoms with Gasteiger partial charge < -0.3 is 34.7 Å². The van der Waals surface area contributed by atoms with Crippen LogP contribution in [0, 0.1) is 0 Å². The molecule has 5 N–H and O–H groups in total. The van der Waals surface area contributed by atoms with Crippen LogP contribution in [0.2, 0.25) is 0 Å². The summed E-state index contributed by atoms with van der Waals surface area (Å²) in [6.07, 6.45) is 1.22. The van der Waals surface area contributed by atoms with Crippen molar-refractivity contribution in [2.24, 2.45) is 0 Å². The SMILES string of the molecule is C=C(C)[C@]1(O)[C@H](n2cnc3c(OCC)nc(N)nc32)O[C@](F)(COP(=O)(N[C@@H](C)C(=O)OC2CCCCC2)Oc2ccccc2)[C@H]1O. The molecule has 3 heterocycles. The van der Waals surface area contributed by atoms with Gasteiger partial charge in [-0.1, -0.05) is 31.2 Å². The van der Waals surface area contributed by atoms with Crippen molar-refractivity contribution in [3.05, 3.63) is 48.8 Å². The number of carbonyl (C=O) groups excluding carboxylic acids is 1. The predicted molar refractivity (Wildman–Crippen MR) is 167 cm³/mol. The van der Waals surface area contributed by atoms with Gasteiger partial charge in [0.25, 0.3) is 5.85 Å². The molecule has 1 saturated heterocycles. The van der Waals surface area contributed by atoms with Crippen molar-refractivity contribution in [1.82, 2.24) is 24.6 Å². The van der Waals surface area contributed by atoms with E-state index in [2.05, 4.69) is 26.6 Å². The summed E-state index contributed by atoms with van der Waals surface area (Å²) in [4.78, 5) is 25.3. The van der Waals surface area contributed by atoms with E-state index in [0.29, 0.717) is 0 Å². The van der Waals surface area contributed by atoms with Crippen LogP contribution in [-0.2, 0) is 23.4 Å². The van der Waals surface area contributed by atoms with Gasteiger partial charge in [0.1, 0.15) is 24.5 Å². The van der Waals surface area contributed by atoms with Crippen molar-refractivity contribution in [3.63, 3.8) is 0 Å². The maximum absolute atomic E-state index is 16.7. The van der Waals surface area contributed by atoms with Crippen molar-refractivity contribution in [2.75, 3.05) is 18.9 Å². The van der Waals surface area contributed by atoms with Crippen LogP contribution in [0.1, 0.15) is 59.1 Å². The molecule has 2 fully saturated rings. The van der Waals surface area contributed by atoms with Crippen molar-refractivity contribution in [2.45, 2.75) is 88.8 Å². The van der Waals surface area contributed by atoms with E-state index in [1.54, 1.807) is 25.1 Å².